The summed E-state index contributed by atoms with van der Waals surface area (Å²) in [6.45, 7) is 3.72. The number of aliphatic hydroxyl groups is 1. The van der Waals surface area contributed by atoms with Crippen LogP contribution >= 0.6 is 15.9 Å². The van der Waals surface area contributed by atoms with Gasteiger partial charge >= 0.3 is 0 Å². The smallest absolute Gasteiger partial charge is 0.129 e. The minimum atomic E-state index is -1.15. The summed E-state index contributed by atoms with van der Waals surface area (Å²) in [7, 11) is 0. The molecule has 2 rings (SSSR count). The van der Waals surface area contributed by atoms with E-state index < -0.39 is 17.7 Å². The van der Waals surface area contributed by atoms with Crippen LogP contribution in [0.1, 0.15) is 23.1 Å². The Bertz CT molecular complexity index is 613. The molecule has 3 nitrogen and oxygen atoms in total. The maximum absolute atomic E-state index is 13.5. The predicted molar refractivity (Wildman–Crippen MR) is 70.7 cm³/mol. The summed E-state index contributed by atoms with van der Waals surface area (Å²) in [5, 5.41) is 14.2. The molecule has 0 bridgehead atoms. The second-order valence-corrected chi connectivity index (χ2v) is 5.14. The molecule has 1 aromatic carbocycles. The molecule has 1 aromatic heterocycles. The standard InChI is InChI=1S/C13H13BrF2N2O/c1-7-13(14)8(2)18(17-7)6-12(19)10-5-9(15)3-4-11(10)16/h3-5,12,19H,6H2,1-2H3/t12-/m1/s1. The lowest BCUT2D eigenvalue weighted by Crippen LogP contribution is -2.13. The lowest BCUT2D eigenvalue weighted by Gasteiger charge is -2.13. The van der Waals surface area contributed by atoms with Crippen LogP contribution in [0.15, 0.2) is 22.7 Å². The van der Waals surface area contributed by atoms with E-state index in [1.54, 1.807) is 4.68 Å². The zero-order valence-corrected chi connectivity index (χ0v) is 12.1. The SMILES string of the molecule is Cc1nn(C[C@@H](O)c2cc(F)ccc2F)c(C)c1Br. The van der Waals surface area contributed by atoms with E-state index in [1.165, 1.54) is 0 Å². The van der Waals surface area contributed by atoms with E-state index in [0.717, 1.165) is 34.1 Å². The van der Waals surface area contributed by atoms with Gasteiger partial charge in [0.1, 0.15) is 17.7 Å². The highest BCUT2D eigenvalue weighted by Gasteiger charge is 2.17. The third-order valence-corrected chi connectivity index (χ3v) is 4.10. The maximum atomic E-state index is 13.5. The van der Waals surface area contributed by atoms with Crippen molar-refractivity contribution >= 4 is 15.9 Å². The van der Waals surface area contributed by atoms with E-state index in [4.69, 9.17) is 0 Å². The Morgan fingerprint density at radius 1 is 1.37 bits per heavy atom. The number of halogens is 3. The number of aromatic nitrogens is 2. The number of nitrogens with zero attached hydrogens (tertiary/aromatic N) is 2. The van der Waals surface area contributed by atoms with Crippen molar-refractivity contribution in [3.63, 3.8) is 0 Å². The van der Waals surface area contributed by atoms with Gasteiger partial charge in [0, 0.05) is 11.3 Å². The van der Waals surface area contributed by atoms with Crippen molar-refractivity contribution in [2.75, 3.05) is 0 Å². The molecule has 0 spiro atoms. The van der Waals surface area contributed by atoms with Crippen LogP contribution in [0.4, 0.5) is 8.78 Å². The van der Waals surface area contributed by atoms with Crippen LogP contribution in [-0.2, 0) is 6.54 Å². The molecule has 19 heavy (non-hydrogen) atoms. The van der Waals surface area contributed by atoms with Crippen molar-refractivity contribution in [1.29, 1.82) is 0 Å². The Hall–Kier alpha value is -1.27. The second kappa shape index (κ2) is 5.38. The zero-order chi connectivity index (χ0) is 14.2. The van der Waals surface area contributed by atoms with Gasteiger partial charge in [0.25, 0.3) is 0 Å². The molecule has 0 radical (unpaired) electrons. The molecule has 0 aliphatic rings. The summed E-state index contributed by atoms with van der Waals surface area (Å²) in [4.78, 5) is 0. The van der Waals surface area contributed by atoms with Gasteiger partial charge in [-0.05, 0) is 48.0 Å². The first-order chi connectivity index (χ1) is 8.90. The van der Waals surface area contributed by atoms with Gasteiger partial charge in [-0.15, -0.1) is 0 Å². The fraction of sp³-hybridized carbons (Fsp3) is 0.308. The monoisotopic (exact) mass is 330 g/mol. The van der Waals surface area contributed by atoms with Crippen molar-refractivity contribution in [2.45, 2.75) is 26.5 Å². The van der Waals surface area contributed by atoms with Crippen LogP contribution < -0.4 is 0 Å². The lowest BCUT2D eigenvalue weighted by molar-refractivity contribution is 0.145. The fourth-order valence-electron chi connectivity index (χ4n) is 1.88. The van der Waals surface area contributed by atoms with Crippen LogP contribution in [0.3, 0.4) is 0 Å². The van der Waals surface area contributed by atoms with Crippen molar-refractivity contribution in [1.82, 2.24) is 9.78 Å². The minimum Gasteiger partial charge on any atom is -0.386 e. The van der Waals surface area contributed by atoms with E-state index in [1.807, 2.05) is 13.8 Å². The summed E-state index contributed by atoms with van der Waals surface area (Å²) in [6, 6.07) is 3.02. The normalized spacial score (nSPS) is 12.7. The molecule has 6 heteroatoms. The molecule has 0 saturated carbocycles. The quantitative estimate of drug-likeness (QED) is 0.937. The van der Waals surface area contributed by atoms with Crippen LogP contribution in [0.25, 0.3) is 0 Å². The van der Waals surface area contributed by atoms with E-state index in [-0.39, 0.29) is 12.1 Å². The molecule has 0 saturated heterocycles. The number of hydrogen-bond acceptors (Lipinski definition) is 2. The van der Waals surface area contributed by atoms with Crippen molar-refractivity contribution in [3.05, 3.63) is 51.3 Å². The van der Waals surface area contributed by atoms with E-state index in [9.17, 15) is 13.9 Å². The second-order valence-electron chi connectivity index (χ2n) is 4.35. The largest absolute Gasteiger partial charge is 0.386 e. The van der Waals surface area contributed by atoms with Gasteiger partial charge in [-0.3, -0.25) is 4.68 Å². The highest BCUT2D eigenvalue weighted by Crippen LogP contribution is 2.24. The highest BCUT2D eigenvalue weighted by atomic mass is 79.9. The Morgan fingerprint density at radius 2 is 2.05 bits per heavy atom. The average Bonchev–Trinajstić information content (AvgIpc) is 2.60. The molecule has 102 valence electrons. The first kappa shape index (κ1) is 14.1. The minimum absolute atomic E-state index is 0.0660. The van der Waals surface area contributed by atoms with Crippen molar-refractivity contribution in [3.8, 4) is 0 Å². The molecule has 0 amide bonds. The Morgan fingerprint density at radius 3 is 2.63 bits per heavy atom. The summed E-state index contributed by atoms with van der Waals surface area (Å²) < 4.78 is 29.0. The zero-order valence-electron chi connectivity index (χ0n) is 10.5. The topological polar surface area (TPSA) is 38.0 Å². The Balaban J connectivity index is 2.27. The number of benzene rings is 1. The van der Waals surface area contributed by atoms with Crippen molar-refractivity contribution < 1.29 is 13.9 Å². The molecule has 0 aliphatic carbocycles. The molecule has 0 aliphatic heterocycles. The Kier molecular flexibility index (Phi) is 4.01. The summed E-state index contributed by atoms with van der Waals surface area (Å²) in [5.41, 5.74) is 1.54. The molecule has 1 heterocycles. The van der Waals surface area contributed by atoms with Gasteiger partial charge < -0.3 is 5.11 Å². The van der Waals surface area contributed by atoms with Gasteiger partial charge in [-0.25, -0.2) is 8.78 Å². The maximum Gasteiger partial charge on any atom is 0.129 e. The number of aliphatic hydroxyl groups excluding tert-OH is 1. The third kappa shape index (κ3) is 2.84. The first-order valence-electron chi connectivity index (χ1n) is 5.72. The molecule has 1 N–H and O–H groups in total. The van der Waals surface area contributed by atoms with Gasteiger partial charge in [0.15, 0.2) is 0 Å². The molecule has 1 atom stereocenters. The molecular formula is C13H13BrF2N2O. The van der Waals surface area contributed by atoms with Gasteiger partial charge in [-0.1, -0.05) is 0 Å². The van der Waals surface area contributed by atoms with Gasteiger partial charge in [-0.2, -0.15) is 5.10 Å². The van der Waals surface area contributed by atoms with Crippen LogP contribution in [0.2, 0.25) is 0 Å². The molecule has 0 unspecified atom stereocenters. The third-order valence-electron chi connectivity index (χ3n) is 2.96. The summed E-state index contributed by atoms with van der Waals surface area (Å²) in [6.07, 6.45) is -1.15. The molecule has 2 aromatic rings. The van der Waals surface area contributed by atoms with Crippen molar-refractivity contribution in [2.24, 2.45) is 0 Å². The van der Waals surface area contributed by atoms with Crippen LogP contribution in [-0.4, -0.2) is 14.9 Å². The molecular weight excluding hydrogens is 318 g/mol. The average molecular weight is 331 g/mol. The predicted octanol–water partition coefficient (Wildman–Crippen LogP) is 3.27. The van der Waals surface area contributed by atoms with Crippen LogP contribution in [0.5, 0.6) is 0 Å². The number of hydrogen-bond donors (Lipinski definition) is 1. The lowest BCUT2D eigenvalue weighted by atomic mass is 10.1. The van der Waals surface area contributed by atoms with E-state index in [0.29, 0.717) is 0 Å². The van der Waals surface area contributed by atoms with Gasteiger partial charge in [0.2, 0.25) is 0 Å². The first-order valence-corrected chi connectivity index (χ1v) is 6.52. The highest BCUT2D eigenvalue weighted by molar-refractivity contribution is 9.10. The van der Waals surface area contributed by atoms with Crippen LogP contribution in [0, 0.1) is 25.5 Å². The van der Waals surface area contributed by atoms with E-state index in [2.05, 4.69) is 21.0 Å². The molecule has 0 fully saturated rings. The van der Waals surface area contributed by atoms with Gasteiger partial charge in [0.05, 0.1) is 16.7 Å². The fourth-order valence-corrected chi connectivity index (χ4v) is 2.17. The Labute approximate surface area is 118 Å². The van der Waals surface area contributed by atoms with E-state index >= 15 is 0 Å². The summed E-state index contributed by atoms with van der Waals surface area (Å²) in [5.74, 6) is -1.21. The summed E-state index contributed by atoms with van der Waals surface area (Å²) >= 11 is 3.37. The number of aryl methyl sites for hydroxylation is 1. The number of rotatable bonds is 3.